The maximum absolute atomic E-state index is 11.4. The van der Waals surface area contributed by atoms with Crippen LogP contribution in [-0.4, -0.2) is 21.6 Å². The molecule has 0 aliphatic heterocycles. The fourth-order valence-electron chi connectivity index (χ4n) is 2.46. The Labute approximate surface area is 149 Å². The van der Waals surface area contributed by atoms with E-state index in [1.165, 1.54) is 18.2 Å². The number of hydrogen-bond donors (Lipinski definition) is 1. The quantitative estimate of drug-likeness (QED) is 0.547. The summed E-state index contributed by atoms with van der Waals surface area (Å²) in [6, 6.07) is 3.03. The summed E-state index contributed by atoms with van der Waals surface area (Å²) >= 11 is 12.4. The van der Waals surface area contributed by atoms with E-state index in [0.29, 0.717) is 31.2 Å². The largest absolute Gasteiger partial charge is 0.478 e. The number of halogens is 2. The van der Waals surface area contributed by atoms with Gasteiger partial charge >= 0.3 is 5.97 Å². The molecule has 1 aromatic rings. The zero-order chi connectivity index (χ0) is 17.9. The Morgan fingerprint density at radius 2 is 2.08 bits per heavy atom. The molecular weight excluding hydrogens is 357 g/mol. The van der Waals surface area contributed by atoms with E-state index in [2.05, 4.69) is 0 Å². The van der Waals surface area contributed by atoms with Gasteiger partial charge in [0.1, 0.15) is 10.8 Å². The van der Waals surface area contributed by atoms with Crippen molar-refractivity contribution in [1.29, 1.82) is 0 Å². The lowest BCUT2D eigenvalue weighted by Gasteiger charge is -2.37. The van der Waals surface area contributed by atoms with E-state index in [-0.39, 0.29) is 21.5 Å². The normalized spacial score (nSPS) is 16.4. The van der Waals surface area contributed by atoms with Crippen molar-refractivity contribution < 1.29 is 19.6 Å². The van der Waals surface area contributed by atoms with Crippen LogP contribution >= 0.6 is 23.2 Å². The molecule has 0 unspecified atom stereocenters. The van der Waals surface area contributed by atoms with Crippen LogP contribution in [0.2, 0.25) is 10.0 Å². The molecule has 2 rings (SSSR count). The van der Waals surface area contributed by atoms with Crippen LogP contribution in [0.25, 0.3) is 6.08 Å². The lowest BCUT2D eigenvalue weighted by Crippen LogP contribution is -2.50. The number of hydrogen-bond acceptors (Lipinski definition) is 4. The predicted molar refractivity (Wildman–Crippen MR) is 91.2 cm³/mol. The van der Waals surface area contributed by atoms with Gasteiger partial charge in [-0.25, -0.2) is 4.79 Å². The second kappa shape index (κ2) is 7.40. The molecule has 0 aromatic heterocycles. The number of aliphatic carboxylic acids is 1. The minimum absolute atomic E-state index is 0.0325. The second-order valence-electron chi connectivity index (χ2n) is 5.68. The molecule has 0 bridgehead atoms. The van der Waals surface area contributed by atoms with E-state index in [4.69, 9.17) is 27.9 Å². The molecule has 1 saturated carbocycles. The van der Waals surface area contributed by atoms with Crippen LogP contribution in [0.15, 0.2) is 17.8 Å². The van der Waals surface area contributed by atoms with Crippen molar-refractivity contribution in [2.24, 2.45) is 0 Å². The number of benzene rings is 1. The summed E-state index contributed by atoms with van der Waals surface area (Å²) in [6.45, 7) is 1.84. The summed E-state index contributed by atoms with van der Waals surface area (Å²) in [5.41, 5.74) is -0.837. The van der Waals surface area contributed by atoms with Gasteiger partial charge in [0.15, 0.2) is 0 Å². The number of carboxylic acid groups (broad SMARTS) is 1. The van der Waals surface area contributed by atoms with Gasteiger partial charge in [-0.1, -0.05) is 30.1 Å². The van der Waals surface area contributed by atoms with Crippen molar-refractivity contribution in [3.63, 3.8) is 0 Å². The van der Waals surface area contributed by atoms with E-state index in [1.54, 1.807) is 0 Å². The first-order valence-corrected chi connectivity index (χ1v) is 8.31. The maximum atomic E-state index is 11.4. The van der Waals surface area contributed by atoms with Crippen molar-refractivity contribution >= 4 is 35.2 Å². The first-order valence-electron chi connectivity index (χ1n) is 7.56. The van der Waals surface area contributed by atoms with Gasteiger partial charge in [0.25, 0.3) is 0 Å². The minimum Gasteiger partial charge on any atom is -0.478 e. The SMILES string of the molecule is CCC/C(=C/c1ccc(OC2(C(=O)O)CCC2)c(Cl)c1Cl)[N+](=O)[O-]. The van der Waals surface area contributed by atoms with Crippen molar-refractivity contribution in [2.45, 2.75) is 44.6 Å². The molecule has 0 spiro atoms. The highest BCUT2D eigenvalue weighted by molar-refractivity contribution is 6.43. The number of allylic oxidation sites excluding steroid dienone is 1. The standard InChI is InChI=1S/C16H17Cl2NO5/c1-2-4-11(19(22)23)9-10-5-6-12(14(18)13(10)17)24-16(15(20)21)7-3-8-16/h5-6,9H,2-4,7-8H2,1H3,(H,20,21)/b11-9-. The molecule has 1 aromatic carbocycles. The van der Waals surface area contributed by atoms with Gasteiger partial charge in [-0.3, -0.25) is 10.1 Å². The molecule has 24 heavy (non-hydrogen) atoms. The number of rotatable bonds is 7. The molecule has 0 radical (unpaired) electrons. The Balaban J connectivity index is 2.33. The van der Waals surface area contributed by atoms with Crippen LogP contribution in [0, 0.1) is 10.1 Å². The summed E-state index contributed by atoms with van der Waals surface area (Å²) in [6.07, 6.45) is 3.88. The van der Waals surface area contributed by atoms with Gasteiger partial charge in [-0.15, -0.1) is 0 Å². The topological polar surface area (TPSA) is 89.7 Å². The molecule has 0 saturated heterocycles. The van der Waals surface area contributed by atoms with Crippen molar-refractivity contribution in [2.75, 3.05) is 0 Å². The Bertz CT molecular complexity index is 698. The zero-order valence-corrected chi connectivity index (χ0v) is 14.6. The molecule has 1 N–H and O–H groups in total. The Morgan fingerprint density at radius 3 is 2.54 bits per heavy atom. The molecular formula is C16H17Cl2NO5. The molecule has 1 fully saturated rings. The molecule has 6 nitrogen and oxygen atoms in total. The number of carbonyl (C=O) groups is 1. The Hall–Kier alpha value is -1.79. The average molecular weight is 374 g/mol. The fraction of sp³-hybridized carbons (Fsp3) is 0.438. The summed E-state index contributed by atoms with van der Waals surface area (Å²) in [5, 5.41) is 20.5. The highest BCUT2D eigenvalue weighted by Gasteiger charge is 2.47. The number of nitro groups is 1. The van der Waals surface area contributed by atoms with Crippen LogP contribution in [0.4, 0.5) is 0 Å². The first-order chi connectivity index (χ1) is 11.3. The third kappa shape index (κ3) is 3.65. The molecule has 130 valence electrons. The smallest absolute Gasteiger partial charge is 0.348 e. The molecule has 1 aliphatic rings. The van der Waals surface area contributed by atoms with Crippen LogP contribution in [0.5, 0.6) is 5.75 Å². The second-order valence-corrected chi connectivity index (χ2v) is 6.43. The van der Waals surface area contributed by atoms with Gasteiger partial charge in [-0.2, -0.15) is 0 Å². The third-order valence-electron chi connectivity index (χ3n) is 4.00. The molecule has 0 heterocycles. The van der Waals surface area contributed by atoms with Gasteiger partial charge in [-0.05, 0) is 37.8 Å². The van der Waals surface area contributed by atoms with Gasteiger partial charge in [0.2, 0.25) is 11.3 Å². The van der Waals surface area contributed by atoms with Gasteiger partial charge in [0, 0.05) is 18.1 Å². The van der Waals surface area contributed by atoms with E-state index in [1.807, 2.05) is 6.92 Å². The van der Waals surface area contributed by atoms with Crippen molar-refractivity contribution in [1.82, 2.24) is 0 Å². The van der Waals surface area contributed by atoms with E-state index in [0.717, 1.165) is 6.42 Å². The third-order valence-corrected chi connectivity index (χ3v) is 4.88. The molecule has 1 aliphatic carbocycles. The summed E-state index contributed by atoms with van der Waals surface area (Å²) < 4.78 is 5.60. The zero-order valence-electron chi connectivity index (χ0n) is 13.1. The van der Waals surface area contributed by atoms with Crippen LogP contribution in [-0.2, 0) is 4.79 Å². The fourth-order valence-corrected chi connectivity index (χ4v) is 2.88. The summed E-state index contributed by atoms with van der Waals surface area (Å²) in [4.78, 5) is 22.0. The number of nitrogens with zero attached hydrogens (tertiary/aromatic N) is 1. The highest BCUT2D eigenvalue weighted by atomic mass is 35.5. The average Bonchev–Trinajstić information content (AvgIpc) is 2.48. The Morgan fingerprint density at radius 1 is 1.42 bits per heavy atom. The first kappa shape index (κ1) is 18.5. The molecule has 0 amide bonds. The van der Waals surface area contributed by atoms with Crippen LogP contribution in [0.3, 0.4) is 0 Å². The van der Waals surface area contributed by atoms with Crippen molar-refractivity contribution in [3.8, 4) is 5.75 Å². The summed E-state index contributed by atoms with van der Waals surface area (Å²) in [5.74, 6) is -0.873. The minimum atomic E-state index is -1.27. The van der Waals surface area contributed by atoms with Crippen LogP contribution in [0.1, 0.15) is 44.6 Å². The van der Waals surface area contributed by atoms with Gasteiger partial charge < -0.3 is 9.84 Å². The predicted octanol–water partition coefficient (Wildman–Crippen LogP) is 4.80. The lowest BCUT2D eigenvalue weighted by atomic mass is 9.80. The Kier molecular flexibility index (Phi) is 5.72. The van der Waals surface area contributed by atoms with Crippen LogP contribution < -0.4 is 4.74 Å². The number of ether oxygens (including phenoxy) is 1. The van der Waals surface area contributed by atoms with Crippen molar-refractivity contribution in [3.05, 3.63) is 43.6 Å². The van der Waals surface area contributed by atoms with E-state index in [9.17, 15) is 20.0 Å². The van der Waals surface area contributed by atoms with E-state index < -0.39 is 16.5 Å². The monoisotopic (exact) mass is 373 g/mol. The van der Waals surface area contributed by atoms with E-state index >= 15 is 0 Å². The maximum Gasteiger partial charge on any atom is 0.348 e. The summed E-state index contributed by atoms with van der Waals surface area (Å²) in [7, 11) is 0. The van der Waals surface area contributed by atoms with Gasteiger partial charge in [0.05, 0.1) is 9.95 Å². The molecule has 0 atom stereocenters. The highest BCUT2D eigenvalue weighted by Crippen LogP contribution is 2.42. The molecule has 8 heteroatoms. The number of carboxylic acids is 1. The lowest BCUT2D eigenvalue weighted by molar-refractivity contribution is -0.426.